The third-order valence-electron chi connectivity index (χ3n) is 3.04. The number of nitrogens with one attached hydrogen (secondary N) is 1. The first-order valence-corrected chi connectivity index (χ1v) is 6.00. The number of halogens is 1. The summed E-state index contributed by atoms with van der Waals surface area (Å²) < 4.78 is 12.9. The van der Waals surface area contributed by atoms with Crippen LogP contribution in [-0.4, -0.2) is 35.6 Å². The normalized spacial score (nSPS) is 17.9. The summed E-state index contributed by atoms with van der Waals surface area (Å²) in [5, 5.41) is 3.28. The molecule has 0 bridgehead atoms. The van der Waals surface area contributed by atoms with Gasteiger partial charge in [0.1, 0.15) is 5.82 Å². The average Bonchev–Trinajstić information content (AvgIpc) is 2.32. The number of anilines is 1. The lowest BCUT2D eigenvalue weighted by Crippen LogP contribution is -2.39. The molecule has 0 aliphatic carbocycles. The van der Waals surface area contributed by atoms with E-state index in [4.69, 9.17) is 0 Å². The van der Waals surface area contributed by atoms with Crippen LogP contribution in [-0.2, 0) is 0 Å². The van der Waals surface area contributed by atoms with Gasteiger partial charge in [0.05, 0.1) is 0 Å². The van der Waals surface area contributed by atoms with Gasteiger partial charge in [0.15, 0.2) is 0 Å². The lowest BCUT2D eigenvalue weighted by molar-refractivity contribution is 0.240. The van der Waals surface area contributed by atoms with E-state index >= 15 is 0 Å². The van der Waals surface area contributed by atoms with Crippen molar-refractivity contribution in [1.29, 1.82) is 0 Å². The van der Waals surface area contributed by atoms with Crippen LogP contribution in [0.25, 0.3) is 0 Å². The van der Waals surface area contributed by atoms with E-state index in [0.717, 1.165) is 32.5 Å². The van der Waals surface area contributed by atoms with E-state index in [1.807, 2.05) is 6.08 Å². The molecule has 0 aromatic carbocycles. The molecule has 1 fully saturated rings. The summed E-state index contributed by atoms with van der Waals surface area (Å²) in [6, 6.07) is 5.24. The minimum Gasteiger partial charge on any atom is -0.367 e. The second-order valence-electron chi connectivity index (χ2n) is 4.35. The second kappa shape index (κ2) is 5.77. The Morgan fingerprint density at radius 3 is 2.88 bits per heavy atom. The Hall–Kier alpha value is -1.42. The summed E-state index contributed by atoms with van der Waals surface area (Å²) in [6.07, 6.45) is 4.06. The van der Waals surface area contributed by atoms with Crippen molar-refractivity contribution in [2.45, 2.75) is 18.9 Å². The fourth-order valence-corrected chi connectivity index (χ4v) is 2.14. The maximum Gasteiger partial charge on any atom is 0.214 e. The Bertz CT molecular complexity index is 373. The van der Waals surface area contributed by atoms with Gasteiger partial charge in [-0.1, -0.05) is 12.1 Å². The summed E-state index contributed by atoms with van der Waals surface area (Å²) in [7, 11) is 0. The van der Waals surface area contributed by atoms with Gasteiger partial charge in [-0.05, 0) is 25.0 Å². The first-order chi connectivity index (χ1) is 8.28. The molecule has 1 aliphatic heterocycles. The van der Waals surface area contributed by atoms with Crippen molar-refractivity contribution in [2.24, 2.45) is 0 Å². The Morgan fingerprint density at radius 2 is 2.24 bits per heavy atom. The molecule has 0 amide bonds. The standard InChI is InChI=1S/C13H18FN3/c1-2-8-17-9-6-11(7-10-17)15-13-5-3-4-12(14)16-13/h2-5,11H,1,6-10H2,(H,15,16). The molecule has 1 aliphatic rings. The highest BCUT2D eigenvalue weighted by Crippen LogP contribution is 2.15. The molecule has 1 N–H and O–H groups in total. The van der Waals surface area contributed by atoms with E-state index in [1.165, 1.54) is 6.07 Å². The minimum atomic E-state index is -0.431. The van der Waals surface area contributed by atoms with Gasteiger partial charge >= 0.3 is 0 Å². The molecule has 0 saturated carbocycles. The molecule has 1 aromatic rings. The number of likely N-dealkylation sites (tertiary alicyclic amines) is 1. The van der Waals surface area contributed by atoms with Gasteiger partial charge in [-0.25, -0.2) is 4.98 Å². The molecular weight excluding hydrogens is 217 g/mol. The van der Waals surface area contributed by atoms with E-state index in [1.54, 1.807) is 12.1 Å². The Labute approximate surface area is 101 Å². The summed E-state index contributed by atoms with van der Waals surface area (Å²) in [5.41, 5.74) is 0. The van der Waals surface area contributed by atoms with Crippen molar-refractivity contribution >= 4 is 5.82 Å². The summed E-state index contributed by atoms with van der Waals surface area (Å²) >= 11 is 0. The fraction of sp³-hybridized carbons (Fsp3) is 0.462. The van der Waals surface area contributed by atoms with E-state index in [0.29, 0.717) is 11.9 Å². The van der Waals surface area contributed by atoms with Crippen LogP contribution in [0.4, 0.5) is 10.2 Å². The number of aromatic nitrogens is 1. The van der Waals surface area contributed by atoms with Gasteiger partial charge in [0, 0.05) is 25.7 Å². The predicted octanol–water partition coefficient (Wildman–Crippen LogP) is 2.28. The quantitative estimate of drug-likeness (QED) is 0.641. The highest BCUT2D eigenvalue weighted by atomic mass is 19.1. The van der Waals surface area contributed by atoms with Crippen LogP contribution in [0.5, 0.6) is 0 Å². The number of piperidine rings is 1. The fourth-order valence-electron chi connectivity index (χ4n) is 2.14. The monoisotopic (exact) mass is 235 g/mol. The van der Waals surface area contributed by atoms with Crippen LogP contribution in [0.1, 0.15) is 12.8 Å². The van der Waals surface area contributed by atoms with Crippen molar-refractivity contribution in [3.63, 3.8) is 0 Å². The van der Waals surface area contributed by atoms with Crippen LogP contribution >= 0.6 is 0 Å². The third kappa shape index (κ3) is 3.53. The minimum absolute atomic E-state index is 0.394. The van der Waals surface area contributed by atoms with Gasteiger partial charge < -0.3 is 5.32 Å². The Kier molecular flexibility index (Phi) is 4.09. The lowest BCUT2D eigenvalue weighted by Gasteiger charge is -2.31. The van der Waals surface area contributed by atoms with Crippen LogP contribution in [0.15, 0.2) is 30.9 Å². The van der Waals surface area contributed by atoms with Crippen molar-refractivity contribution < 1.29 is 4.39 Å². The zero-order valence-corrected chi connectivity index (χ0v) is 9.90. The van der Waals surface area contributed by atoms with Gasteiger partial charge in [-0.3, -0.25) is 4.90 Å². The summed E-state index contributed by atoms with van der Waals surface area (Å²) in [5.74, 6) is 0.200. The van der Waals surface area contributed by atoms with E-state index in [9.17, 15) is 4.39 Å². The molecule has 0 spiro atoms. The highest BCUT2D eigenvalue weighted by molar-refractivity contribution is 5.34. The van der Waals surface area contributed by atoms with Gasteiger partial charge in [-0.2, -0.15) is 4.39 Å². The number of rotatable bonds is 4. The second-order valence-corrected chi connectivity index (χ2v) is 4.35. The van der Waals surface area contributed by atoms with E-state index in [2.05, 4.69) is 21.8 Å². The number of hydrogen-bond acceptors (Lipinski definition) is 3. The van der Waals surface area contributed by atoms with Crippen LogP contribution in [0, 0.1) is 5.95 Å². The first-order valence-electron chi connectivity index (χ1n) is 6.00. The molecule has 92 valence electrons. The number of nitrogens with zero attached hydrogens (tertiary/aromatic N) is 2. The van der Waals surface area contributed by atoms with Gasteiger partial charge in [0.2, 0.25) is 5.95 Å². The van der Waals surface area contributed by atoms with Crippen LogP contribution < -0.4 is 5.32 Å². The van der Waals surface area contributed by atoms with E-state index < -0.39 is 5.95 Å². The molecule has 2 rings (SSSR count). The van der Waals surface area contributed by atoms with Crippen LogP contribution in [0.3, 0.4) is 0 Å². The zero-order chi connectivity index (χ0) is 12.1. The van der Waals surface area contributed by atoms with Crippen LogP contribution in [0.2, 0.25) is 0 Å². The average molecular weight is 235 g/mol. The number of hydrogen-bond donors (Lipinski definition) is 1. The van der Waals surface area contributed by atoms with Crippen molar-refractivity contribution in [3.05, 3.63) is 36.8 Å². The Morgan fingerprint density at radius 1 is 1.47 bits per heavy atom. The van der Waals surface area contributed by atoms with Gasteiger partial charge in [-0.15, -0.1) is 6.58 Å². The molecule has 17 heavy (non-hydrogen) atoms. The van der Waals surface area contributed by atoms with E-state index in [-0.39, 0.29) is 0 Å². The van der Waals surface area contributed by atoms with Crippen molar-refractivity contribution in [1.82, 2.24) is 9.88 Å². The molecule has 1 aromatic heterocycles. The molecule has 3 nitrogen and oxygen atoms in total. The molecule has 4 heteroatoms. The highest BCUT2D eigenvalue weighted by Gasteiger charge is 2.18. The van der Waals surface area contributed by atoms with Crippen molar-refractivity contribution in [3.8, 4) is 0 Å². The third-order valence-corrected chi connectivity index (χ3v) is 3.04. The number of pyridine rings is 1. The summed E-state index contributed by atoms with van der Waals surface area (Å²) in [6.45, 7) is 6.80. The molecule has 0 radical (unpaired) electrons. The summed E-state index contributed by atoms with van der Waals surface area (Å²) in [4.78, 5) is 6.18. The first kappa shape index (κ1) is 12.0. The molecular formula is C13H18FN3. The maximum atomic E-state index is 12.9. The Balaban J connectivity index is 1.83. The topological polar surface area (TPSA) is 28.2 Å². The maximum absolute atomic E-state index is 12.9. The molecule has 0 unspecified atom stereocenters. The lowest BCUT2D eigenvalue weighted by atomic mass is 10.1. The molecule has 2 heterocycles. The smallest absolute Gasteiger partial charge is 0.214 e. The van der Waals surface area contributed by atoms with Gasteiger partial charge in [0.25, 0.3) is 0 Å². The molecule has 0 atom stereocenters. The van der Waals surface area contributed by atoms with Crippen molar-refractivity contribution in [2.75, 3.05) is 25.0 Å². The SMILES string of the molecule is C=CCN1CCC(Nc2cccc(F)n2)CC1. The predicted molar refractivity (Wildman–Crippen MR) is 67.5 cm³/mol. The largest absolute Gasteiger partial charge is 0.367 e. The molecule has 1 saturated heterocycles. The zero-order valence-electron chi connectivity index (χ0n) is 9.90.